The van der Waals surface area contributed by atoms with E-state index in [0.717, 1.165) is 23.0 Å². The lowest BCUT2D eigenvalue weighted by molar-refractivity contribution is 0.660. The molecule has 0 unspecified atom stereocenters. The Kier molecular flexibility index (Phi) is 2.41. The van der Waals surface area contributed by atoms with E-state index in [1.54, 1.807) is 10.9 Å². The number of hydrogen-bond donors (Lipinski definition) is 1. The Labute approximate surface area is 118 Å². The van der Waals surface area contributed by atoms with Crippen molar-refractivity contribution in [2.45, 2.75) is 13.5 Å². The van der Waals surface area contributed by atoms with Gasteiger partial charge in [-0.3, -0.25) is 4.68 Å². The molecular weight excluding hydrogens is 268 g/mol. The molecule has 4 rings (SSSR count). The van der Waals surface area contributed by atoms with Gasteiger partial charge >= 0.3 is 5.69 Å². The van der Waals surface area contributed by atoms with Crippen molar-refractivity contribution in [3.05, 3.63) is 47.1 Å². The second-order valence-electron chi connectivity index (χ2n) is 4.73. The van der Waals surface area contributed by atoms with Crippen molar-refractivity contribution in [1.82, 2.24) is 29.4 Å². The predicted octanol–water partition coefficient (Wildman–Crippen LogP) is 1.45. The van der Waals surface area contributed by atoms with Crippen LogP contribution in [0.25, 0.3) is 27.9 Å². The standard InChI is InChI=1S/C14H12N6O/c1-2-19-8-9(7-15-19)12-17-13-10-5-3-4-6-11(10)16-14(21)20(13)18-12/h3-8H,2H2,1H3,(H,16,21). The number of nitrogens with zero attached hydrogens (tertiary/aromatic N) is 5. The van der Waals surface area contributed by atoms with Gasteiger partial charge in [-0.05, 0) is 19.1 Å². The molecule has 1 N–H and O–H groups in total. The third kappa shape index (κ3) is 1.74. The first-order valence-corrected chi connectivity index (χ1v) is 6.67. The molecule has 7 nitrogen and oxygen atoms in total. The van der Waals surface area contributed by atoms with Crippen molar-refractivity contribution in [1.29, 1.82) is 0 Å². The first-order chi connectivity index (χ1) is 10.3. The molecule has 0 aliphatic rings. The minimum absolute atomic E-state index is 0.301. The minimum atomic E-state index is -0.301. The number of nitrogens with one attached hydrogen (secondary N) is 1. The quantitative estimate of drug-likeness (QED) is 0.602. The van der Waals surface area contributed by atoms with Crippen LogP contribution in [0.4, 0.5) is 0 Å². The Morgan fingerprint density at radius 3 is 2.95 bits per heavy atom. The molecule has 0 fully saturated rings. The Bertz CT molecular complexity index is 1010. The summed E-state index contributed by atoms with van der Waals surface area (Å²) in [4.78, 5) is 19.4. The van der Waals surface area contributed by atoms with Crippen LogP contribution < -0.4 is 5.69 Å². The van der Waals surface area contributed by atoms with Gasteiger partial charge in [0.1, 0.15) is 0 Å². The van der Waals surface area contributed by atoms with Gasteiger partial charge in [0.25, 0.3) is 0 Å². The summed E-state index contributed by atoms with van der Waals surface area (Å²) in [5, 5.41) is 9.36. The number of aromatic amines is 1. The average molecular weight is 280 g/mol. The molecule has 0 aliphatic heterocycles. The van der Waals surface area contributed by atoms with E-state index in [4.69, 9.17) is 0 Å². The Morgan fingerprint density at radius 1 is 1.29 bits per heavy atom. The summed E-state index contributed by atoms with van der Waals surface area (Å²) in [6.07, 6.45) is 3.57. The van der Waals surface area contributed by atoms with E-state index >= 15 is 0 Å². The van der Waals surface area contributed by atoms with Crippen LogP contribution in [-0.2, 0) is 6.54 Å². The fourth-order valence-electron chi connectivity index (χ4n) is 2.36. The minimum Gasteiger partial charge on any atom is -0.305 e. The first kappa shape index (κ1) is 11.8. The average Bonchev–Trinajstić information content (AvgIpc) is 3.14. The number of para-hydroxylation sites is 1. The number of rotatable bonds is 2. The maximum atomic E-state index is 12.1. The van der Waals surface area contributed by atoms with E-state index < -0.39 is 0 Å². The summed E-state index contributed by atoms with van der Waals surface area (Å²) in [6, 6.07) is 7.54. The third-order valence-electron chi connectivity index (χ3n) is 3.42. The van der Waals surface area contributed by atoms with E-state index in [1.165, 1.54) is 4.52 Å². The monoisotopic (exact) mass is 280 g/mol. The van der Waals surface area contributed by atoms with Crippen molar-refractivity contribution in [2.24, 2.45) is 0 Å². The highest BCUT2D eigenvalue weighted by molar-refractivity contribution is 5.91. The number of aryl methyl sites for hydroxylation is 1. The smallest absolute Gasteiger partial charge is 0.305 e. The van der Waals surface area contributed by atoms with Gasteiger partial charge in [0, 0.05) is 18.1 Å². The molecule has 3 heterocycles. The van der Waals surface area contributed by atoms with Gasteiger partial charge in [-0.15, -0.1) is 5.10 Å². The number of aromatic nitrogens is 6. The van der Waals surface area contributed by atoms with Crippen LogP contribution in [0.3, 0.4) is 0 Å². The van der Waals surface area contributed by atoms with E-state index in [2.05, 4.69) is 20.2 Å². The molecule has 3 aromatic heterocycles. The van der Waals surface area contributed by atoms with Gasteiger partial charge in [-0.2, -0.15) is 9.61 Å². The maximum absolute atomic E-state index is 12.1. The van der Waals surface area contributed by atoms with Crippen LogP contribution >= 0.6 is 0 Å². The van der Waals surface area contributed by atoms with Crippen LogP contribution in [0.5, 0.6) is 0 Å². The van der Waals surface area contributed by atoms with Crippen molar-refractivity contribution >= 4 is 16.6 Å². The summed E-state index contributed by atoms with van der Waals surface area (Å²) in [5.74, 6) is 0.497. The molecule has 0 saturated carbocycles. The highest BCUT2D eigenvalue weighted by atomic mass is 16.1. The number of fused-ring (bicyclic) bond motifs is 3. The van der Waals surface area contributed by atoms with E-state index in [-0.39, 0.29) is 5.69 Å². The van der Waals surface area contributed by atoms with E-state index in [1.807, 2.05) is 37.4 Å². The van der Waals surface area contributed by atoms with Crippen molar-refractivity contribution in [3.63, 3.8) is 0 Å². The highest BCUT2D eigenvalue weighted by Crippen LogP contribution is 2.19. The largest absolute Gasteiger partial charge is 0.348 e. The zero-order valence-corrected chi connectivity index (χ0v) is 11.3. The second kappa shape index (κ2) is 4.27. The van der Waals surface area contributed by atoms with E-state index in [9.17, 15) is 4.79 Å². The van der Waals surface area contributed by atoms with Crippen molar-refractivity contribution < 1.29 is 0 Å². The molecule has 21 heavy (non-hydrogen) atoms. The fourth-order valence-corrected chi connectivity index (χ4v) is 2.36. The Morgan fingerprint density at radius 2 is 2.14 bits per heavy atom. The highest BCUT2D eigenvalue weighted by Gasteiger charge is 2.13. The summed E-state index contributed by atoms with van der Waals surface area (Å²) < 4.78 is 3.09. The van der Waals surface area contributed by atoms with Crippen LogP contribution in [0.2, 0.25) is 0 Å². The maximum Gasteiger partial charge on any atom is 0.348 e. The van der Waals surface area contributed by atoms with Crippen LogP contribution in [0, 0.1) is 0 Å². The first-order valence-electron chi connectivity index (χ1n) is 6.67. The van der Waals surface area contributed by atoms with Gasteiger partial charge in [0.2, 0.25) is 0 Å². The van der Waals surface area contributed by atoms with Crippen LogP contribution in [0.15, 0.2) is 41.5 Å². The molecule has 4 aromatic rings. The molecule has 0 saturated heterocycles. The molecule has 1 aromatic carbocycles. The number of hydrogen-bond acceptors (Lipinski definition) is 4. The summed E-state index contributed by atoms with van der Waals surface area (Å²) in [6.45, 7) is 2.78. The number of benzene rings is 1. The summed E-state index contributed by atoms with van der Waals surface area (Å²) in [5.41, 5.74) is 1.79. The zero-order valence-electron chi connectivity index (χ0n) is 11.3. The van der Waals surface area contributed by atoms with Crippen LogP contribution in [-0.4, -0.2) is 29.4 Å². The Balaban J connectivity index is 2.03. The lowest BCUT2D eigenvalue weighted by Crippen LogP contribution is -2.17. The van der Waals surface area contributed by atoms with Gasteiger partial charge < -0.3 is 4.98 Å². The second-order valence-corrected chi connectivity index (χ2v) is 4.73. The molecule has 0 atom stereocenters. The molecule has 0 aliphatic carbocycles. The summed E-state index contributed by atoms with van der Waals surface area (Å²) >= 11 is 0. The van der Waals surface area contributed by atoms with Crippen molar-refractivity contribution in [2.75, 3.05) is 0 Å². The fraction of sp³-hybridized carbons (Fsp3) is 0.143. The molecule has 104 valence electrons. The van der Waals surface area contributed by atoms with Crippen molar-refractivity contribution in [3.8, 4) is 11.4 Å². The molecule has 0 bridgehead atoms. The van der Waals surface area contributed by atoms with Crippen LogP contribution in [0.1, 0.15) is 6.92 Å². The molecule has 0 amide bonds. The van der Waals surface area contributed by atoms with Gasteiger partial charge in [0.05, 0.1) is 17.3 Å². The molecule has 0 radical (unpaired) electrons. The van der Waals surface area contributed by atoms with Gasteiger partial charge in [-0.1, -0.05) is 12.1 Å². The van der Waals surface area contributed by atoms with Gasteiger partial charge in [-0.25, -0.2) is 9.78 Å². The SMILES string of the molecule is CCn1cc(-c2nc3c4ccccc4[nH]c(=O)n3n2)cn1. The lowest BCUT2D eigenvalue weighted by Gasteiger charge is -1.97. The molecular formula is C14H12N6O. The topological polar surface area (TPSA) is 80.9 Å². The lowest BCUT2D eigenvalue weighted by atomic mass is 10.2. The predicted molar refractivity (Wildman–Crippen MR) is 78.0 cm³/mol. The number of H-pyrrole nitrogens is 1. The summed E-state index contributed by atoms with van der Waals surface area (Å²) in [7, 11) is 0. The Hall–Kier alpha value is -2.96. The molecule has 7 heteroatoms. The normalized spacial score (nSPS) is 11.5. The van der Waals surface area contributed by atoms with E-state index in [0.29, 0.717) is 11.5 Å². The molecule has 0 spiro atoms. The zero-order chi connectivity index (χ0) is 14.4. The third-order valence-corrected chi connectivity index (χ3v) is 3.42. The van der Waals surface area contributed by atoms with Gasteiger partial charge in [0.15, 0.2) is 11.5 Å².